The number of rotatable bonds is 6. The maximum Gasteiger partial charge on any atom is 0.418 e. The van der Waals surface area contributed by atoms with E-state index in [9.17, 15) is 27.6 Å². The van der Waals surface area contributed by atoms with E-state index in [0.717, 1.165) is 23.2 Å². The third-order valence-electron chi connectivity index (χ3n) is 4.68. The van der Waals surface area contributed by atoms with Gasteiger partial charge in [-0.15, -0.1) is 0 Å². The van der Waals surface area contributed by atoms with Crippen molar-refractivity contribution in [3.05, 3.63) is 87.3 Å². The zero-order chi connectivity index (χ0) is 24.2. The molecule has 1 aromatic heterocycles. The summed E-state index contributed by atoms with van der Waals surface area (Å²) in [7, 11) is 0. The molecule has 0 aliphatic carbocycles. The zero-order valence-corrected chi connectivity index (χ0v) is 17.9. The third kappa shape index (κ3) is 5.46. The molecule has 2 N–H and O–H groups in total. The molecule has 0 aliphatic heterocycles. The number of aryl methyl sites for hydroxylation is 1. The number of anilines is 1. The summed E-state index contributed by atoms with van der Waals surface area (Å²) in [6.07, 6.45) is -3.90. The zero-order valence-electron chi connectivity index (χ0n) is 17.9. The van der Waals surface area contributed by atoms with Gasteiger partial charge in [-0.1, -0.05) is 25.1 Å². The van der Waals surface area contributed by atoms with Gasteiger partial charge in [0, 0.05) is 29.6 Å². The Balaban J connectivity index is 1.95. The van der Waals surface area contributed by atoms with E-state index in [1.165, 1.54) is 37.3 Å². The molecule has 3 rings (SSSR count). The minimum Gasteiger partial charge on any atom is -0.352 e. The minimum atomic E-state index is -4.66. The topological polar surface area (TPSA) is 93.1 Å². The van der Waals surface area contributed by atoms with Gasteiger partial charge in [0.1, 0.15) is 0 Å². The van der Waals surface area contributed by atoms with E-state index in [1.54, 1.807) is 12.1 Å². The molecule has 172 valence electrons. The average Bonchev–Trinajstić information content (AvgIpc) is 2.77. The Morgan fingerprint density at radius 1 is 1.03 bits per heavy atom. The maximum atomic E-state index is 13.5. The van der Waals surface area contributed by atoms with Gasteiger partial charge in [-0.05, 0) is 43.7 Å². The second-order valence-electron chi connectivity index (χ2n) is 7.22. The van der Waals surface area contributed by atoms with Crippen LogP contribution in [0.25, 0.3) is 5.69 Å². The number of benzene rings is 2. The van der Waals surface area contributed by atoms with Crippen molar-refractivity contribution in [3.63, 3.8) is 0 Å². The van der Waals surface area contributed by atoms with Crippen molar-refractivity contribution in [1.29, 1.82) is 0 Å². The number of hydrogen-bond acceptors (Lipinski definition) is 4. The predicted molar refractivity (Wildman–Crippen MR) is 117 cm³/mol. The molecule has 7 nitrogen and oxygen atoms in total. The van der Waals surface area contributed by atoms with Gasteiger partial charge in [0.15, 0.2) is 5.69 Å². The van der Waals surface area contributed by atoms with Gasteiger partial charge < -0.3 is 10.6 Å². The van der Waals surface area contributed by atoms with Crippen LogP contribution in [0.1, 0.15) is 45.4 Å². The first kappa shape index (κ1) is 23.7. The van der Waals surface area contributed by atoms with Crippen molar-refractivity contribution < 1.29 is 22.8 Å². The number of alkyl halides is 3. The van der Waals surface area contributed by atoms with Gasteiger partial charge in [0.2, 0.25) is 5.43 Å². The normalized spacial score (nSPS) is 11.2. The number of amides is 2. The van der Waals surface area contributed by atoms with Crippen LogP contribution in [0.2, 0.25) is 0 Å². The predicted octanol–water partition coefficient (Wildman–Crippen LogP) is 3.95. The van der Waals surface area contributed by atoms with Crippen molar-refractivity contribution in [2.45, 2.75) is 26.4 Å². The number of hydrogen-bond donors (Lipinski definition) is 2. The summed E-state index contributed by atoms with van der Waals surface area (Å²) in [6, 6.07) is 11.8. The lowest BCUT2D eigenvalue weighted by atomic mass is 10.1. The molecule has 0 unspecified atom stereocenters. The Hall–Kier alpha value is -3.95. The first-order chi connectivity index (χ1) is 15.6. The Morgan fingerprint density at radius 3 is 2.45 bits per heavy atom. The quantitative estimate of drug-likeness (QED) is 0.585. The van der Waals surface area contributed by atoms with Crippen LogP contribution in [0.15, 0.2) is 59.4 Å². The van der Waals surface area contributed by atoms with E-state index < -0.39 is 28.8 Å². The molecule has 3 aromatic rings. The van der Waals surface area contributed by atoms with E-state index in [2.05, 4.69) is 15.7 Å². The molecule has 33 heavy (non-hydrogen) atoms. The Bertz CT molecular complexity index is 1250. The van der Waals surface area contributed by atoms with Gasteiger partial charge in [0.25, 0.3) is 11.8 Å². The van der Waals surface area contributed by atoms with Crippen molar-refractivity contribution in [2.75, 3.05) is 11.9 Å². The second-order valence-corrected chi connectivity index (χ2v) is 7.22. The molecule has 2 amide bonds. The molecule has 10 heteroatoms. The summed E-state index contributed by atoms with van der Waals surface area (Å²) < 4.78 is 41.3. The lowest BCUT2D eigenvalue weighted by molar-refractivity contribution is -0.137. The summed E-state index contributed by atoms with van der Waals surface area (Å²) in [6.45, 7) is 3.81. The van der Waals surface area contributed by atoms with Crippen LogP contribution in [-0.2, 0) is 6.18 Å². The fourth-order valence-electron chi connectivity index (χ4n) is 3.12. The molecule has 0 saturated carbocycles. The molecular formula is C23H21F3N4O3. The van der Waals surface area contributed by atoms with E-state index in [4.69, 9.17) is 0 Å². The molecule has 0 spiro atoms. The van der Waals surface area contributed by atoms with Crippen molar-refractivity contribution in [3.8, 4) is 5.69 Å². The average molecular weight is 458 g/mol. The monoisotopic (exact) mass is 458 g/mol. The second kappa shape index (κ2) is 9.68. The highest BCUT2D eigenvalue weighted by atomic mass is 19.4. The molecule has 0 saturated heterocycles. The Kier molecular flexibility index (Phi) is 6.95. The molecule has 0 fully saturated rings. The number of para-hydroxylation sites is 1. The summed E-state index contributed by atoms with van der Waals surface area (Å²) in [4.78, 5) is 37.3. The molecule has 0 aliphatic rings. The van der Waals surface area contributed by atoms with Crippen LogP contribution < -0.4 is 16.1 Å². The molecule has 2 aromatic carbocycles. The highest BCUT2D eigenvalue weighted by Gasteiger charge is 2.34. The van der Waals surface area contributed by atoms with Crippen molar-refractivity contribution in [2.24, 2.45) is 0 Å². The van der Waals surface area contributed by atoms with E-state index in [0.29, 0.717) is 12.1 Å². The van der Waals surface area contributed by atoms with Crippen LogP contribution >= 0.6 is 0 Å². The van der Waals surface area contributed by atoms with Crippen LogP contribution in [0.3, 0.4) is 0 Å². The summed E-state index contributed by atoms with van der Waals surface area (Å²) in [5.41, 5.74) is -1.95. The van der Waals surface area contributed by atoms with Crippen LogP contribution in [0, 0.1) is 6.92 Å². The highest BCUT2D eigenvalue weighted by Crippen LogP contribution is 2.33. The maximum absolute atomic E-state index is 13.5. The molecule has 0 atom stereocenters. The number of carbonyl (C=O) groups excluding carboxylic acids is 2. The summed E-state index contributed by atoms with van der Waals surface area (Å²) >= 11 is 0. The molecular weight excluding hydrogens is 437 g/mol. The Labute approximate surface area is 187 Å². The fourth-order valence-corrected chi connectivity index (χ4v) is 3.12. The minimum absolute atomic E-state index is 0.128. The van der Waals surface area contributed by atoms with Crippen molar-refractivity contribution in [1.82, 2.24) is 15.1 Å². The number of halogens is 3. The van der Waals surface area contributed by atoms with Crippen LogP contribution in [0.5, 0.6) is 0 Å². The summed E-state index contributed by atoms with van der Waals surface area (Å²) in [5, 5.41) is 9.11. The lowest BCUT2D eigenvalue weighted by Gasteiger charge is -2.16. The van der Waals surface area contributed by atoms with Gasteiger partial charge in [-0.3, -0.25) is 14.4 Å². The standard InChI is InChI=1S/C23H21F3N4O3/c1-3-11-27-21(32)15-7-6-8-16(13-15)28-22(33)20-19(31)12-14(2)30(29-20)18-10-5-4-9-17(18)23(24,25)26/h4-10,12-13H,3,11H2,1-2H3,(H,27,32)(H,28,33). The SMILES string of the molecule is CCCNC(=O)c1cccc(NC(=O)c2nn(-c3ccccc3C(F)(F)F)c(C)cc2=O)c1. The van der Waals surface area contributed by atoms with Crippen molar-refractivity contribution >= 4 is 17.5 Å². The van der Waals surface area contributed by atoms with Gasteiger partial charge >= 0.3 is 6.18 Å². The number of aromatic nitrogens is 2. The number of nitrogens with zero attached hydrogens (tertiary/aromatic N) is 2. The van der Waals surface area contributed by atoms with E-state index >= 15 is 0 Å². The smallest absolute Gasteiger partial charge is 0.352 e. The Morgan fingerprint density at radius 2 is 1.76 bits per heavy atom. The first-order valence-corrected chi connectivity index (χ1v) is 10.1. The molecule has 1 heterocycles. The first-order valence-electron chi connectivity index (χ1n) is 10.1. The summed E-state index contributed by atoms with van der Waals surface area (Å²) in [5.74, 6) is -1.24. The van der Waals surface area contributed by atoms with Crippen LogP contribution in [0.4, 0.5) is 18.9 Å². The molecule has 0 bridgehead atoms. The third-order valence-corrected chi connectivity index (χ3v) is 4.68. The largest absolute Gasteiger partial charge is 0.418 e. The van der Waals surface area contributed by atoms with Gasteiger partial charge in [-0.25, -0.2) is 4.68 Å². The van der Waals surface area contributed by atoms with Crippen LogP contribution in [-0.4, -0.2) is 28.1 Å². The number of nitrogens with one attached hydrogen (secondary N) is 2. The van der Waals surface area contributed by atoms with E-state index in [1.807, 2.05) is 6.92 Å². The van der Waals surface area contributed by atoms with Gasteiger partial charge in [0.05, 0.1) is 11.3 Å². The number of carbonyl (C=O) groups is 2. The molecule has 0 radical (unpaired) electrons. The van der Waals surface area contributed by atoms with E-state index in [-0.39, 0.29) is 23.0 Å². The van der Waals surface area contributed by atoms with Gasteiger partial charge in [-0.2, -0.15) is 18.3 Å². The highest BCUT2D eigenvalue weighted by molar-refractivity contribution is 6.03. The lowest BCUT2D eigenvalue weighted by Crippen LogP contribution is -2.28. The fraction of sp³-hybridized carbons (Fsp3) is 0.217.